The van der Waals surface area contributed by atoms with Gasteiger partial charge in [0, 0.05) is 12.2 Å². The molecule has 1 heterocycles. The first kappa shape index (κ1) is 19.5. The summed E-state index contributed by atoms with van der Waals surface area (Å²) < 4.78 is 29.1. The molecular weight excluding hydrogens is 412 g/mol. The van der Waals surface area contributed by atoms with Gasteiger partial charge in [-0.3, -0.25) is 0 Å². The van der Waals surface area contributed by atoms with Crippen LogP contribution in [0.25, 0.3) is 0 Å². The Balaban J connectivity index is 1.54. The van der Waals surface area contributed by atoms with Crippen LogP contribution in [-0.4, -0.2) is 15.0 Å². The first-order chi connectivity index (χ1) is 13.5. The van der Waals surface area contributed by atoms with Crippen LogP contribution in [0.5, 0.6) is 0 Å². The molecule has 0 bridgehead atoms. The van der Waals surface area contributed by atoms with E-state index in [1.807, 2.05) is 30.3 Å². The summed E-state index contributed by atoms with van der Waals surface area (Å²) >= 11 is 6.98. The zero-order valence-corrected chi connectivity index (χ0v) is 17.6. The van der Waals surface area contributed by atoms with Crippen molar-refractivity contribution in [1.82, 2.24) is 4.72 Å². The maximum absolute atomic E-state index is 12.8. The summed E-state index contributed by atoms with van der Waals surface area (Å²) in [5.41, 5.74) is 4.72. The smallest absolute Gasteiger partial charge is 0.250 e. The molecule has 1 aliphatic rings. The number of thiophene rings is 1. The molecular formula is C21H21ClN2O2S2. The summed E-state index contributed by atoms with van der Waals surface area (Å²) in [6, 6.07) is 18.7. The topological polar surface area (TPSA) is 58.2 Å². The number of aryl methyl sites for hydroxylation is 2. The lowest BCUT2D eigenvalue weighted by Gasteiger charge is -2.20. The number of fused-ring (bicyclic) bond motifs is 1. The molecule has 1 aromatic heterocycles. The summed E-state index contributed by atoms with van der Waals surface area (Å²) in [5.74, 6) is 0. The first-order valence-electron chi connectivity index (χ1n) is 9.19. The van der Waals surface area contributed by atoms with Gasteiger partial charge < -0.3 is 5.32 Å². The molecule has 28 heavy (non-hydrogen) atoms. The largest absolute Gasteiger partial charge is 0.383 e. The number of nitrogens with one attached hydrogen (secondary N) is 2. The van der Waals surface area contributed by atoms with Gasteiger partial charge in [0.1, 0.15) is 4.21 Å². The maximum atomic E-state index is 12.8. The van der Waals surface area contributed by atoms with E-state index in [4.69, 9.17) is 11.6 Å². The Morgan fingerprint density at radius 2 is 1.79 bits per heavy atom. The number of hydrogen-bond acceptors (Lipinski definition) is 4. The molecule has 0 aliphatic heterocycles. The standard InChI is InChI=1S/C21H21ClN2O2S2/c22-20-11-12-21(27-20)28(25,26)24-19(16-5-2-1-3-6-16)14-23-18-10-9-15-7-4-8-17(15)13-18/h1-3,5-6,9-13,19,23-24H,4,7-8,14H2. The Morgan fingerprint density at radius 1 is 1.00 bits per heavy atom. The minimum Gasteiger partial charge on any atom is -0.383 e. The molecule has 4 nitrogen and oxygen atoms in total. The Labute approximate surface area is 174 Å². The van der Waals surface area contributed by atoms with Crippen LogP contribution < -0.4 is 10.0 Å². The summed E-state index contributed by atoms with van der Waals surface area (Å²) in [7, 11) is -3.66. The molecule has 1 unspecified atom stereocenters. The van der Waals surface area contributed by atoms with Crippen molar-refractivity contribution in [2.24, 2.45) is 0 Å². The SMILES string of the molecule is O=S(=O)(NC(CNc1ccc2c(c1)CCC2)c1ccccc1)c1ccc(Cl)s1. The average molecular weight is 433 g/mol. The second-order valence-corrected chi connectivity index (χ2v) is 10.5. The van der Waals surface area contributed by atoms with Crippen LogP contribution in [0.15, 0.2) is 64.9 Å². The van der Waals surface area contributed by atoms with E-state index in [0.717, 1.165) is 35.4 Å². The average Bonchev–Trinajstić information content (AvgIpc) is 3.34. The summed E-state index contributed by atoms with van der Waals surface area (Å²) in [4.78, 5) is 0. The van der Waals surface area contributed by atoms with Crippen LogP contribution in [0.4, 0.5) is 5.69 Å². The lowest BCUT2D eigenvalue weighted by molar-refractivity contribution is 0.564. The van der Waals surface area contributed by atoms with Crippen molar-refractivity contribution in [2.75, 3.05) is 11.9 Å². The number of halogens is 1. The molecule has 0 fully saturated rings. The van der Waals surface area contributed by atoms with Crippen molar-refractivity contribution in [1.29, 1.82) is 0 Å². The number of rotatable bonds is 7. The second kappa shape index (κ2) is 8.25. The van der Waals surface area contributed by atoms with Gasteiger partial charge in [-0.2, -0.15) is 0 Å². The van der Waals surface area contributed by atoms with Gasteiger partial charge in [-0.25, -0.2) is 13.1 Å². The Hall–Kier alpha value is -1.86. The molecule has 146 valence electrons. The van der Waals surface area contributed by atoms with Gasteiger partial charge in [-0.1, -0.05) is 48.0 Å². The lowest BCUT2D eigenvalue weighted by atomic mass is 10.1. The predicted molar refractivity (Wildman–Crippen MR) is 116 cm³/mol. The van der Waals surface area contributed by atoms with Crippen molar-refractivity contribution >= 4 is 38.6 Å². The van der Waals surface area contributed by atoms with Crippen molar-refractivity contribution in [3.8, 4) is 0 Å². The molecule has 0 radical (unpaired) electrons. The molecule has 1 aliphatic carbocycles. The van der Waals surface area contributed by atoms with Gasteiger partial charge in [0.2, 0.25) is 0 Å². The summed E-state index contributed by atoms with van der Waals surface area (Å²) in [5, 5.41) is 3.40. The number of benzene rings is 2. The molecule has 2 N–H and O–H groups in total. The molecule has 3 aromatic rings. The van der Waals surface area contributed by atoms with Gasteiger partial charge in [0.05, 0.1) is 10.4 Å². The van der Waals surface area contributed by atoms with Crippen LogP contribution >= 0.6 is 22.9 Å². The number of hydrogen-bond donors (Lipinski definition) is 2. The highest BCUT2D eigenvalue weighted by Crippen LogP contribution is 2.28. The van der Waals surface area contributed by atoms with Crippen molar-refractivity contribution in [3.63, 3.8) is 0 Å². The van der Waals surface area contributed by atoms with E-state index in [9.17, 15) is 8.42 Å². The Morgan fingerprint density at radius 3 is 2.54 bits per heavy atom. The summed E-state index contributed by atoms with van der Waals surface area (Å²) in [6.45, 7) is 0.446. The third-order valence-electron chi connectivity index (χ3n) is 4.92. The zero-order valence-electron chi connectivity index (χ0n) is 15.2. The van der Waals surface area contributed by atoms with Gasteiger partial charge in [0.15, 0.2) is 0 Å². The van der Waals surface area contributed by atoms with E-state index >= 15 is 0 Å². The first-order valence-corrected chi connectivity index (χ1v) is 11.9. The minimum absolute atomic E-state index is 0.218. The monoisotopic (exact) mass is 432 g/mol. The zero-order chi connectivity index (χ0) is 19.6. The van der Waals surface area contributed by atoms with E-state index in [0.29, 0.717) is 10.9 Å². The second-order valence-electron chi connectivity index (χ2n) is 6.86. The Bertz CT molecular complexity index is 1070. The molecule has 0 saturated carbocycles. The molecule has 0 amide bonds. The normalized spacial score (nSPS) is 14.6. The van der Waals surface area contributed by atoms with E-state index in [1.165, 1.54) is 23.6 Å². The molecule has 2 aromatic carbocycles. The third kappa shape index (κ3) is 4.41. The van der Waals surface area contributed by atoms with Gasteiger partial charge >= 0.3 is 0 Å². The summed E-state index contributed by atoms with van der Waals surface area (Å²) in [6.07, 6.45) is 3.46. The van der Waals surface area contributed by atoms with E-state index in [2.05, 4.69) is 28.2 Å². The van der Waals surface area contributed by atoms with Crippen LogP contribution in [0.3, 0.4) is 0 Å². The lowest BCUT2D eigenvalue weighted by Crippen LogP contribution is -2.32. The highest BCUT2D eigenvalue weighted by Gasteiger charge is 2.23. The predicted octanol–water partition coefficient (Wildman–Crippen LogP) is 5.02. The molecule has 4 rings (SSSR count). The quantitative estimate of drug-likeness (QED) is 0.551. The van der Waals surface area contributed by atoms with E-state index in [-0.39, 0.29) is 4.21 Å². The van der Waals surface area contributed by atoms with Crippen molar-refractivity contribution in [2.45, 2.75) is 29.5 Å². The molecule has 1 atom stereocenters. The van der Waals surface area contributed by atoms with E-state index in [1.54, 1.807) is 6.07 Å². The van der Waals surface area contributed by atoms with Crippen LogP contribution in [0, 0.1) is 0 Å². The van der Waals surface area contributed by atoms with Crippen LogP contribution in [0.2, 0.25) is 4.34 Å². The van der Waals surface area contributed by atoms with Gasteiger partial charge in [-0.15, -0.1) is 11.3 Å². The minimum atomic E-state index is -3.66. The fraction of sp³-hybridized carbons (Fsp3) is 0.238. The fourth-order valence-electron chi connectivity index (χ4n) is 3.50. The third-order valence-corrected chi connectivity index (χ3v) is 8.12. The number of anilines is 1. The highest BCUT2D eigenvalue weighted by atomic mass is 35.5. The van der Waals surface area contributed by atoms with Gasteiger partial charge in [-0.05, 0) is 60.2 Å². The van der Waals surface area contributed by atoms with Crippen molar-refractivity contribution in [3.05, 3.63) is 81.7 Å². The molecule has 0 spiro atoms. The number of sulfonamides is 1. The van der Waals surface area contributed by atoms with Crippen molar-refractivity contribution < 1.29 is 8.42 Å². The van der Waals surface area contributed by atoms with E-state index < -0.39 is 16.1 Å². The fourth-order valence-corrected chi connectivity index (χ4v) is 6.23. The Kier molecular flexibility index (Phi) is 5.73. The molecule has 0 saturated heterocycles. The van der Waals surface area contributed by atoms with Crippen LogP contribution in [-0.2, 0) is 22.9 Å². The highest BCUT2D eigenvalue weighted by molar-refractivity contribution is 7.91. The maximum Gasteiger partial charge on any atom is 0.250 e. The van der Waals surface area contributed by atoms with Crippen LogP contribution in [0.1, 0.15) is 29.2 Å². The molecule has 7 heteroatoms. The van der Waals surface area contributed by atoms with Gasteiger partial charge in [0.25, 0.3) is 10.0 Å².